The van der Waals surface area contributed by atoms with Crippen LogP contribution in [0.5, 0.6) is 5.75 Å². The average molecular weight is 683 g/mol. The third-order valence-corrected chi connectivity index (χ3v) is 6.70. The second-order valence-corrected chi connectivity index (χ2v) is 8.69. The van der Waals surface area contributed by atoms with Crippen molar-refractivity contribution < 1.29 is 39.7 Å². The summed E-state index contributed by atoms with van der Waals surface area (Å²) in [7, 11) is -6.57. The van der Waals surface area contributed by atoms with Gasteiger partial charge in [0.1, 0.15) is 5.75 Å². The first-order valence-corrected chi connectivity index (χ1v) is 9.53. The lowest BCUT2D eigenvalue weighted by Gasteiger charge is -2.30. The predicted molar refractivity (Wildman–Crippen MR) is 89.7 cm³/mol. The highest BCUT2D eigenvalue weighted by Gasteiger charge is 2.62. The Morgan fingerprint density at radius 3 is 1.86 bits per heavy atom. The summed E-state index contributed by atoms with van der Waals surface area (Å²) in [6.45, 7) is 0. The molecule has 0 fully saturated rings. The van der Waals surface area contributed by atoms with Gasteiger partial charge in [0.2, 0.25) is 0 Å². The Morgan fingerprint density at radius 1 is 1.00 bits per heavy atom. The maximum atomic E-state index is 13.3. The van der Waals surface area contributed by atoms with Gasteiger partial charge < -0.3 is 9.29 Å². The highest BCUT2D eigenvalue weighted by atomic mass is 127. The first-order valence-electron chi connectivity index (χ1n) is 4.89. The minimum absolute atomic E-state index is 0.0516. The summed E-state index contributed by atoms with van der Waals surface area (Å²) in [5.41, 5.74) is 0. The molecule has 126 valence electrons. The monoisotopic (exact) mass is 683 g/mol. The first-order chi connectivity index (χ1) is 9.68. The molecule has 0 bridgehead atoms. The number of ether oxygens (including phenoxy) is 1. The van der Waals surface area contributed by atoms with Crippen molar-refractivity contribution >= 4 is 77.9 Å². The SMILES string of the molecule is O=S(=O)([O-])C(F)(F)C(Oc1cc(I)c(I)cc1I)C(F)(F)F. The molecule has 0 heterocycles. The van der Waals surface area contributed by atoms with E-state index >= 15 is 0 Å². The minimum atomic E-state index is -6.57. The van der Waals surface area contributed by atoms with Crippen molar-refractivity contribution in [3.8, 4) is 5.75 Å². The third kappa shape index (κ3) is 4.65. The topological polar surface area (TPSA) is 66.4 Å². The smallest absolute Gasteiger partial charge is 0.432 e. The van der Waals surface area contributed by atoms with Gasteiger partial charge in [0, 0.05) is 7.14 Å². The summed E-state index contributed by atoms with van der Waals surface area (Å²) in [5.74, 6) is -0.601. The molecule has 0 aliphatic rings. The summed E-state index contributed by atoms with van der Waals surface area (Å²) in [4.78, 5) is 0. The molecule has 4 nitrogen and oxygen atoms in total. The molecule has 1 unspecified atom stereocenters. The number of benzene rings is 1. The zero-order chi connectivity index (χ0) is 17.5. The second kappa shape index (κ2) is 6.95. The van der Waals surface area contributed by atoms with Crippen LogP contribution in [0.1, 0.15) is 0 Å². The summed E-state index contributed by atoms with van der Waals surface area (Å²) < 4.78 is 101. The normalized spacial score (nSPS) is 14.8. The van der Waals surface area contributed by atoms with E-state index in [2.05, 4.69) is 4.74 Å². The molecule has 22 heavy (non-hydrogen) atoms. The fourth-order valence-corrected chi connectivity index (χ4v) is 3.72. The number of rotatable bonds is 4. The largest absolute Gasteiger partial charge is 0.743 e. The molecule has 1 atom stereocenters. The summed E-state index contributed by atoms with van der Waals surface area (Å²) in [6.07, 6.45) is -9.87. The van der Waals surface area contributed by atoms with Gasteiger partial charge >= 0.3 is 11.4 Å². The van der Waals surface area contributed by atoms with E-state index in [1.54, 1.807) is 45.2 Å². The Hall–Kier alpha value is 0.770. The number of halogens is 8. The maximum Gasteiger partial charge on any atom is 0.432 e. The Labute approximate surface area is 162 Å². The van der Waals surface area contributed by atoms with Crippen LogP contribution < -0.4 is 4.74 Å². The molecule has 1 aromatic rings. The van der Waals surface area contributed by atoms with E-state index in [0.29, 0.717) is 7.14 Å². The summed E-state index contributed by atoms with van der Waals surface area (Å²) >= 11 is 5.13. The lowest BCUT2D eigenvalue weighted by Crippen LogP contribution is -2.53. The fourth-order valence-electron chi connectivity index (χ4n) is 1.18. The van der Waals surface area contributed by atoms with Crippen LogP contribution in [0.3, 0.4) is 0 Å². The van der Waals surface area contributed by atoms with Crippen LogP contribution >= 0.6 is 67.8 Å². The van der Waals surface area contributed by atoms with Crippen molar-refractivity contribution in [2.24, 2.45) is 0 Å². The Bertz CT molecular complexity index is 677. The van der Waals surface area contributed by atoms with Gasteiger partial charge in [-0.25, -0.2) is 8.42 Å². The van der Waals surface area contributed by atoms with Gasteiger partial charge in [0.05, 0.1) is 3.57 Å². The quantitative estimate of drug-likeness (QED) is 0.209. The molecule has 0 N–H and O–H groups in total. The lowest BCUT2D eigenvalue weighted by atomic mass is 10.3. The first kappa shape index (κ1) is 20.8. The highest BCUT2D eigenvalue weighted by Crippen LogP contribution is 2.40. The van der Waals surface area contributed by atoms with Gasteiger partial charge in [-0.2, -0.15) is 22.0 Å². The van der Waals surface area contributed by atoms with Gasteiger partial charge in [-0.1, -0.05) is 0 Å². The number of hydrogen-bond acceptors (Lipinski definition) is 4. The molecule has 0 aliphatic heterocycles. The molecular formula is C9H3F5I3O4S-. The molecule has 0 aromatic heterocycles. The zero-order valence-electron chi connectivity index (χ0n) is 9.80. The van der Waals surface area contributed by atoms with E-state index in [1.807, 2.05) is 22.6 Å². The molecule has 0 amide bonds. The van der Waals surface area contributed by atoms with E-state index in [9.17, 15) is 34.9 Å². The van der Waals surface area contributed by atoms with Gasteiger partial charge in [0.15, 0.2) is 10.1 Å². The Balaban J connectivity index is 3.37. The minimum Gasteiger partial charge on any atom is -0.743 e. The molecule has 0 radical (unpaired) electrons. The predicted octanol–water partition coefficient (Wildman–Crippen LogP) is 3.95. The second-order valence-electron chi connectivity index (χ2n) is 3.75. The standard InChI is InChI=1S/C9H4F5I3O4S/c10-8(11,12)7(9(13,14)22(18,19)20)21-6-2-4(16)3(15)1-5(6)17/h1-2,7H,(H,18,19,20)/p-1. The van der Waals surface area contributed by atoms with Gasteiger partial charge in [-0.05, 0) is 79.9 Å². The van der Waals surface area contributed by atoms with Crippen LogP contribution in [0.15, 0.2) is 12.1 Å². The van der Waals surface area contributed by atoms with Crippen LogP contribution in [-0.2, 0) is 10.1 Å². The van der Waals surface area contributed by atoms with E-state index < -0.39 is 33.4 Å². The molecule has 1 rings (SSSR count). The van der Waals surface area contributed by atoms with Crippen molar-refractivity contribution in [3.05, 3.63) is 22.8 Å². The van der Waals surface area contributed by atoms with Crippen molar-refractivity contribution in [1.82, 2.24) is 0 Å². The average Bonchev–Trinajstić information content (AvgIpc) is 2.28. The highest BCUT2D eigenvalue weighted by molar-refractivity contribution is 14.1. The fraction of sp³-hybridized carbons (Fsp3) is 0.333. The lowest BCUT2D eigenvalue weighted by molar-refractivity contribution is -0.239. The Kier molecular flexibility index (Phi) is 6.57. The molecule has 0 saturated heterocycles. The Morgan fingerprint density at radius 2 is 1.45 bits per heavy atom. The van der Waals surface area contributed by atoms with Gasteiger partial charge in [0.25, 0.3) is 6.10 Å². The van der Waals surface area contributed by atoms with E-state index in [0.717, 1.165) is 6.07 Å². The molecule has 0 spiro atoms. The number of alkyl halides is 5. The van der Waals surface area contributed by atoms with Crippen molar-refractivity contribution in [1.29, 1.82) is 0 Å². The van der Waals surface area contributed by atoms with E-state index in [4.69, 9.17) is 0 Å². The van der Waals surface area contributed by atoms with Crippen LogP contribution in [0.25, 0.3) is 0 Å². The van der Waals surface area contributed by atoms with E-state index in [1.165, 1.54) is 6.07 Å². The van der Waals surface area contributed by atoms with Gasteiger partial charge in [-0.15, -0.1) is 0 Å². The summed E-state index contributed by atoms with van der Waals surface area (Å²) in [6, 6.07) is 2.39. The van der Waals surface area contributed by atoms with Gasteiger partial charge in [-0.3, -0.25) is 0 Å². The zero-order valence-corrected chi connectivity index (χ0v) is 17.1. The van der Waals surface area contributed by atoms with Crippen molar-refractivity contribution in [3.63, 3.8) is 0 Å². The molecule has 13 heteroatoms. The van der Waals surface area contributed by atoms with E-state index in [-0.39, 0.29) is 3.57 Å². The molecule has 1 aromatic carbocycles. The number of hydrogen-bond donors (Lipinski definition) is 0. The van der Waals surface area contributed by atoms with Crippen LogP contribution in [0.2, 0.25) is 0 Å². The molecule has 0 aliphatic carbocycles. The molecule has 0 saturated carbocycles. The third-order valence-electron chi connectivity index (χ3n) is 2.16. The molecular weight excluding hydrogens is 680 g/mol. The van der Waals surface area contributed by atoms with Crippen LogP contribution in [-0.4, -0.2) is 30.5 Å². The van der Waals surface area contributed by atoms with Crippen molar-refractivity contribution in [2.45, 2.75) is 17.5 Å². The van der Waals surface area contributed by atoms with Crippen LogP contribution in [0, 0.1) is 10.7 Å². The van der Waals surface area contributed by atoms with Crippen molar-refractivity contribution in [2.75, 3.05) is 0 Å². The van der Waals surface area contributed by atoms with Crippen LogP contribution in [0.4, 0.5) is 22.0 Å². The maximum absolute atomic E-state index is 13.3. The summed E-state index contributed by atoms with van der Waals surface area (Å²) in [5, 5.41) is -5.66.